The molecule has 3 rings (SSSR count). The van der Waals surface area contributed by atoms with Gasteiger partial charge in [0.2, 0.25) is 20.9 Å². The van der Waals surface area contributed by atoms with E-state index in [0.717, 1.165) is 6.26 Å². The third-order valence-corrected chi connectivity index (χ3v) is 4.40. The van der Waals surface area contributed by atoms with Crippen LogP contribution in [0.3, 0.4) is 0 Å². The van der Waals surface area contributed by atoms with Crippen LogP contribution in [0.4, 0.5) is 11.5 Å². The second-order valence-electron chi connectivity index (χ2n) is 5.66. The second-order valence-corrected chi connectivity index (χ2v) is 7.57. The summed E-state index contributed by atoms with van der Waals surface area (Å²) in [4.78, 5) is 23.8. The summed E-state index contributed by atoms with van der Waals surface area (Å²) in [5, 5.41) is 10.3. The first-order chi connectivity index (χ1) is 12.8. The molecular weight excluding hydrogens is 372 g/mol. The van der Waals surface area contributed by atoms with Crippen LogP contribution in [0.1, 0.15) is 5.56 Å². The van der Waals surface area contributed by atoms with E-state index >= 15 is 0 Å². The molecule has 0 aliphatic heterocycles. The topological polar surface area (TPSA) is 136 Å². The number of anilines is 1. The van der Waals surface area contributed by atoms with Crippen molar-refractivity contribution in [3.8, 4) is 0 Å². The lowest BCUT2D eigenvalue weighted by atomic mass is 10.3. The number of hydrogen-bond acceptors (Lipinski definition) is 7. The number of carbonyl (C=O) groups is 1. The number of carbonyl (C=O) groups excluding carboxylic acids is 1. The van der Waals surface area contributed by atoms with Crippen molar-refractivity contribution in [1.29, 1.82) is 0 Å². The van der Waals surface area contributed by atoms with Crippen molar-refractivity contribution >= 4 is 44.8 Å². The molecule has 12 heteroatoms. The van der Waals surface area contributed by atoms with E-state index in [0.29, 0.717) is 16.9 Å². The molecule has 3 heterocycles. The fourth-order valence-corrected chi connectivity index (χ4v) is 2.78. The van der Waals surface area contributed by atoms with Crippen molar-refractivity contribution in [3.05, 3.63) is 36.4 Å². The minimum absolute atomic E-state index is 0.168. The van der Waals surface area contributed by atoms with Crippen LogP contribution in [0, 0.1) is 6.92 Å². The maximum Gasteiger partial charge on any atom is 0.248 e. The summed E-state index contributed by atoms with van der Waals surface area (Å²) in [5.74, 6) is -0.156. The van der Waals surface area contributed by atoms with Gasteiger partial charge >= 0.3 is 0 Å². The maximum absolute atomic E-state index is 12.4. The lowest BCUT2D eigenvalue weighted by Crippen LogP contribution is -2.20. The Kier molecular flexibility index (Phi) is 4.81. The molecule has 0 aliphatic carbocycles. The summed E-state index contributed by atoms with van der Waals surface area (Å²) in [6.45, 7) is 4.75. The third-order valence-electron chi connectivity index (χ3n) is 3.51. The summed E-state index contributed by atoms with van der Waals surface area (Å²) in [5.41, 5.74) is 1.72. The van der Waals surface area contributed by atoms with E-state index in [9.17, 15) is 13.2 Å². The number of sulfone groups is 1. The zero-order valence-electron chi connectivity index (χ0n) is 14.6. The van der Waals surface area contributed by atoms with E-state index in [1.54, 1.807) is 29.8 Å². The lowest BCUT2D eigenvalue weighted by molar-refractivity contribution is -0.116. The Morgan fingerprint density at radius 2 is 2.15 bits per heavy atom. The zero-order valence-corrected chi connectivity index (χ0v) is 15.4. The van der Waals surface area contributed by atoms with Crippen molar-refractivity contribution in [2.24, 2.45) is 9.98 Å². The number of aliphatic imine (C=N–C) groups is 2. The summed E-state index contributed by atoms with van der Waals surface area (Å²) < 4.78 is 26.2. The van der Waals surface area contributed by atoms with Crippen molar-refractivity contribution in [2.75, 3.05) is 11.6 Å². The fourth-order valence-electron chi connectivity index (χ4n) is 2.29. The molecule has 140 valence electrons. The lowest BCUT2D eigenvalue weighted by Gasteiger charge is -2.07. The van der Waals surface area contributed by atoms with E-state index in [2.05, 4.69) is 37.2 Å². The Balaban J connectivity index is 1.82. The molecular formula is C15H16N8O3S. The van der Waals surface area contributed by atoms with Gasteiger partial charge in [-0.2, -0.15) is 15.2 Å². The number of pyridine rings is 1. The Morgan fingerprint density at radius 3 is 2.85 bits per heavy atom. The first-order valence-electron chi connectivity index (χ1n) is 7.65. The van der Waals surface area contributed by atoms with Crippen molar-refractivity contribution in [1.82, 2.24) is 24.4 Å². The Bertz CT molecular complexity index is 1160. The number of amides is 1. The van der Waals surface area contributed by atoms with Crippen molar-refractivity contribution in [3.63, 3.8) is 0 Å². The standard InChI is InChI=1S/C15H16N8O3S/c1-10-7-18-23(14(10)21-15(16-2)27(3,25)26)8-13(24)20-11-4-5-22-12(6-11)17-9-19-22/h4-7,9H,2,8H2,1,3H3,(H,20,24). The van der Waals surface area contributed by atoms with Crippen LogP contribution in [-0.4, -0.2) is 56.8 Å². The van der Waals surface area contributed by atoms with Gasteiger partial charge in [0.05, 0.1) is 6.20 Å². The predicted molar refractivity (Wildman–Crippen MR) is 100 cm³/mol. The van der Waals surface area contributed by atoms with Crippen molar-refractivity contribution < 1.29 is 13.2 Å². The third kappa shape index (κ3) is 4.06. The molecule has 11 nitrogen and oxygen atoms in total. The molecule has 0 unspecified atom stereocenters. The number of hydrogen-bond donors (Lipinski definition) is 1. The second kappa shape index (κ2) is 7.07. The number of nitrogens with zero attached hydrogens (tertiary/aromatic N) is 7. The van der Waals surface area contributed by atoms with Gasteiger partial charge in [0, 0.05) is 29.8 Å². The van der Waals surface area contributed by atoms with Crippen LogP contribution in [0.2, 0.25) is 0 Å². The number of rotatable bonds is 4. The highest BCUT2D eigenvalue weighted by Gasteiger charge is 2.16. The molecule has 0 aliphatic rings. The zero-order chi connectivity index (χ0) is 19.6. The van der Waals surface area contributed by atoms with Gasteiger partial charge in [-0.05, 0) is 19.7 Å². The van der Waals surface area contributed by atoms with Crippen LogP contribution >= 0.6 is 0 Å². The fraction of sp³-hybridized carbons (Fsp3) is 0.200. The van der Waals surface area contributed by atoms with Crippen LogP contribution in [0.5, 0.6) is 0 Å². The first-order valence-corrected chi connectivity index (χ1v) is 9.54. The molecule has 0 saturated heterocycles. The van der Waals surface area contributed by atoms with E-state index in [4.69, 9.17) is 0 Å². The molecule has 0 bridgehead atoms. The first kappa shape index (κ1) is 18.4. The molecule has 0 saturated carbocycles. The molecule has 3 aromatic rings. The van der Waals surface area contributed by atoms with Gasteiger partial charge in [0.25, 0.3) is 0 Å². The van der Waals surface area contributed by atoms with Gasteiger partial charge in [0.15, 0.2) is 11.5 Å². The minimum atomic E-state index is -3.65. The Labute approximate surface area is 154 Å². The largest absolute Gasteiger partial charge is 0.324 e. The normalized spacial score (nSPS) is 12.3. The van der Waals surface area contributed by atoms with Crippen LogP contribution in [-0.2, 0) is 21.2 Å². The molecule has 0 aromatic carbocycles. The van der Waals surface area contributed by atoms with Gasteiger partial charge in [0.1, 0.15) is 12.9 Å². The van der Waals surface area contributed by atoms with E-state index < -0.39 is 15.0 Å². The highest BCUT2D eigenvalue weighted by Crippen LogP contribution is 2.19. The summed E-state index contributed by atoms with van der Waals surface area (Å²) >= 11 is 0. The number of aromatic nitrogens is 5. The average molecular weight is 388 g/mol. The molecule has 27 heavy (non-hydrogen) atoms. The molecule has 1 N–H and O–H groups in total. The molecule has 0 spiro atoms. The molecule has 0 atom stereocenters. The summed E-state index contributed by atoms with van der Waals surface area (Å²) in [6.07, 6.45) is 5.53. The number of nitrogens with one attached hydrogen (secondary N) is 1. The molecule has 1 amide bonds. The van der Waals surface area contributed by atoms with E-state index in [1.807, 2.05) is 0 Å². The van der Waals surface area contributed by atoms with Gasteiger partial charge in [-0.3, -0.25) is 4.79 Å². The Hall–Kier alpha value is -3.41. The predicted octanol–water partition coefficient (Wildman–Crippen LogP) is 0.606. The highest BCUT2D eigenvalue weighted by atomic mass is 32.2. The number of amidine groups is 1. The van der Waals surface area contributed by atoms with E-state index in [1.165, 1.54) is 17.2 Å². The molecule has 0 radical (unpaired) electrons. The minimum Gasteiger partial charge on any atom is -0.324 e. The van der Waals surface area contributed by atoms with Gasteiger partial charge < -0.3 is 5.32 Å². The van der Waals surface area contributed by atoms with Crippen LogP contribution in [0.25, 0.3) is 5.65 Å². The smallest absolute Gasteiger partial charge is 0.248 e. The van der Waals surface area contributed by atoms with Gasteiger partial charge in [-0.15, -0.1) is 0 Å². The monoisotopic (exact) mass is 388 g/mol. The van der Waals surface area contributed by atoms with Crippen LogP contribution in [0.15, 0.2) is 40.8 Å². The SMILES string of the molecule is C=NC(=Nc1c(C)cnn1CC(=O)Nc1ccn2ncnc2c1)S(C)(=O)=O. The average Bonchev–Trinajstić information content (AvgIpc) is 3.18. The van der Waals surface area contributed by atoms with Gasteiger partial charge in [-0.1, -0.05) is 0 Å². The summed E-state index contributed by atoms with van der Waals surface area (Å²) in [6, 6.07) is 3.35. The van der Waals surface area contributed by atoms with Crippen LogP contribution < -0.4 is 5.32 Å². The number of aryl methyl sites for hydroxylation is 1. The molecule has 0 fully saturated rings. The number of fused-ring (bicyclic) bond motifs is 1. The molecule has 3 aromatic heterocycles. The quantitative estimate of drug-likeness (QED) is 0.513. The summed E-state index contributed by atoms with van der Waals surface area (Å²) in [7, 11) is -3.65. The van der Waals surface area contributed by atoms with E-state index in [-0.39, 0.29) is 18.3 Å². The van der Waals surface area contributed by atoms with Gasteiger partial charge in [-0.25, -0.2) is 27.6 Å². The Morgan fingerprint density at radius 1 is 1.37 bits per heavy atom. The highest BCUT2D eigenvalue weighted by molar-refractivity contribution is 8.05. The van der Waals surface area contributed by atoms with Crippen molar-refractivity contribution in [2.45, 2.75) is 13.5 Å². The maximum atomic E-state index is 12.4.